The first kappa shape index (κ1) is 12.6. The Morgan fingerprint density at radius 3 is 2.89 bits per heavy atom. The molecule has 2 rings (SSSR count). The van der Waals surface area contributed by atoms with Crippen molar-refractivity contribution in [1.82, 2.24) is 4.98 Å². The van der Waals surface area contributed by atoms with Crippen molar-refractivity contribution in [2.75, 3.05) is 5.32 Å². The maximum atomic E-state index is 11.1. The highest BCUT2D eigenvalue weighted by Gasteiger charge is 2.11. The molecule has 0 amide bonds. The molecule has 0 unspecified atom stereocenters. The van der Waals surface area contributed by atoms with Gasteiger partial charge in [0.2, 0.25) is 0 Å². The van der Waals surface area contributed by atoms with Gasteiger partial charge in [0, 0.05) is 17.6 Å². The number of aromatic nitrogens is 1. The molecule has 0 saturated carbocycles. The Morgan fingerprint density at radius 1 is 1.42 bits per heavy atom. The Kier molecular flexibility index (Phi) is 3.44. The maximum absolute atomic E-state index is 11.1. The minimum Gasteiger partial charge on any atom is -0.478 e. The van der Waals surface area contributed by atoms with Crippen LogP contribution in [0.2, 0.25) is 0 Å². The highest BCUT2D eigenvalue weighted by Crippen LogP contribution is 2.22. The standard InChI is InChI=1S/C14H11N3O2/c1-9-5-13(12(8-16-9)14(18)19)17-11-4-2-3-10(6-11)7-15/h2-6,8H,1H3,(H,16,17)(H,18,19). The summed E-state index contributed by atoms with van der Waals surface area (Å²) in [5.41, 5.74) is 2.42. The molecule has 0 spiro atoms. The molecule has 0 aliphatic rings. The molecule has 1 aromatic carbocycles. The molecule has 0 saturated heterocycles. The van der Waals surface area contributed by atoms with Gasteiger partial charge in [-0.1, -0.05) is 6.07 Å². The number of pyridine rings is 1. The number of nitrogens with one attached hydrogen (secondary N) is 1. The number of hydrogen-bond donors (Lipinski definition) is 2. The van der Waals surface area contributed by atoms with Crippen LogP contribution in [-0.2, 0) is 0 Å². The van der Waals surface area contributed by atoms with E-state index in [1.807, 2.05) is 6.07 Å². The summed E-state index contributed by atoms with van der Waals surface area (Å²) >= 11 is 0. The monoisotopic (exact) mass is 253 g/mol. The Balaban J connectivity index is 2.40. The molecule has 19 heavy (non-hydrogen) atoms. The maximum Gasteiger partial charge on any atom is 0.339 e. The molecule has 5 heteroatoms. The second-order valence-electron chi connectivity index (χ2n) is 3.99. The van der Waals surface area contributed by atoms with Gasteiger partial charge in [0.1, 0.15) is 5.56 Å². The number of aryl methyl sites for hydroxylation is 1. The number of aromatic carboxylic acids is 1. The summed E-state index contributed by atoms with van der Waals surface area (Å²) in [6.07, 6.45) is 1.31. The minimum absolute atomic E-state index is 0.0907. The van der Waals surface area contributed by atoms with Crippen LogP contribution >= 0.6 is 0 Å². The van der Waals surface area contributed by atoms with Crippen LogP contribution < -0.4 is 5.32 Å². The minimum atomic E-state index is -1.05. The fourth-order valence-electron chi connectivity index (χ4n) is 1.66. The molecule has 0 aliphatic carbocycles. The predicted octanol–water partition coefficient (Wildman–Crippen LogP) is 2.70. The number of anilines is 2. The van der Waals surface area contributed by atoms with E-state index in [9.17, 15) is 4.79 Å². The third kappa shape index (κ3) is 2.87. The van der Waals surface area contributed by atoms with Gasteiger partial charge in [-0.25, -0.2) is 4.79 Å². The van der Waals surface area contributed by atoms with E-state index >= 15 is 0 Å². The SMILES string of the molecule is Cc1cc(Nc2cccc(C#N)c2)c(C(=O)O)cn1. The van der Waals surface area contributed by atoms with Crippen molar-refractivity contribution in [3.63, 3.8) is 0 Å². The molecular weight excluding hydrogens is 242 g/mol. The molecular formula is C14H11N3O2. The summed E-state index contributed by atoms with van der Waals surface area (Å²) < 4.78 is 0. The number of nitriles is 1. The van der Waals surface area contributed by atoms with E-state index in [-0.39, 0.29) is 5.56 Å². The first-order valence-electron chi connectivity index (χ1n) is 5.57. The van der Waals surface area contributed by atoms with Gasteiger partial charge in [-0.3, -0.25) is 4.98 Å². The van der Waals surface area contributed by atoms with Crippen molar-refractivity contribution in [3.05, 3.63) is 53.3 Å². The number of benzene rings is 1. The van der Waals surface area contributed by atoms with Gasteiger partial charge >= 0.3 is 5.97 Å². The topological polar surface area (TPSA) is 86.0 Å². The fourth-order valence-corrected chi connectivity index (χ4v) is 1.66. The molecule has 2 aromatic rings. The molecule has 1 heterocycles. The zero-order chi connectivity index (χ0) is 13.8. The van der Waals surface area contributed by atoms with E-state index in [0.29, 0.717) is 22.6 Å². The van der Waals surface area contributed by atoms with Gasteiger partial charge in [0.15, 0.2) is 0 Å². The number of carboxylic acid groups (broad SMARTS) is 1. The van der Waals surface area contributed by atoms with E-state index in [0.717, 1.165) is 0 Å². The van der Waals surface area contributed by atoms with Crippen molar-refractivity contribution in [1.29, 1.82) is 5.26 Å². The van der Waals surface area contributed by atoms with Gasteiger partial charge < -0.3 is 10.4 Å². The third-order valence-electron chi connectivity index (χ3n) is 2.54. The van der Waals surface area contributed by atoms with E-state index in [2.05, 4.69) is 10.3 Å². The smallest absolute Gasteiger partial charge is 0.339 e. The van der Waals surface area contributed by atoms with Gasteiger partial charge in [0.25, 0.3) is 0 Å². The van der Waals surface area contributed by atoms with Gasteiger partial charge in [-0.15, -0.1) is 0 Å². The number of hydrogen-bond acceptors (Lipinski definition) is 4. The lowest BCUT2D eigenvalue weighted by Gasteiger charge is -2.10. The molecule has 0 fully saturated rings. The van der Waals surface area contributed by atoms with Gasteiger partial charge in [-0.05, 0) is 31.2 Å². The Bertz CT molecular complexity index is 675. The van der Waals surface area contributed by atoms with Crippen LogP contribution in [0.3, 0.4) is 0 Å². The second-order valence-corrected chi connectivity index (χ2v) is 3.99. The molecule has 0 radical (unpaired) electrons. The molecule has 94 valence electrons. The first-order valence-corrected chi connectivity index (χ1v) is 5.57. The molecule has 0 bridgehead atoms. The Labute approximate surface area is 110 Å². The number of carboxylic acids is 1. The van der Waals surface area contributed by atoms with Crippen molar-refractivity contribution in [2.45, 2.75) is 6.92 Å². The van der Waals surface area contributed by atoms with Crippen molar-refractivity contribution in [2.24, 2.45) is 0 Å². The summed E-state index contributed by atoms with van der Waals surface area (Å²) in [4.78, 5) is 15.1. The lowest BCUT2D eigenvalue weighted by Crippen LogP contribution is -2.04. The summed E-state index contributed by atoms with van der Waals surface area (Å²) in [5, 5.41) is 20.9. The van der Waals surface area contributed by atoms with Gasteiger partial charge in [0.05, 0.1) is 17.3 Å². The van der Waals surface area contributed by atoms with Crippen LogP contribution in [0.5, 0.6) is 0 Å². The fraction of sp³-hybridized carbons (Fsp3) is 0.0714. The van der Waals surface area contributed by atoms with Crippen LogP contribution in [0.25, 0.3) is 0 Å². The van der Waals surface area contributed by atoms with Crippen LogP contribution in [0.4, 0.5) is 11.4 Å². The summed E-state index contributed by atoms with van der Waals surface area (Å²) in [6.45, 7) is 1.78. The summed E-state index contributed by atoms with van der Waals surface area (Å²) in [6, 6.07) is 10.5. The normalized spacial score (nSPS) is 9.68. The van der Waals surface area contributed by atoms with Crippen LogP contribution in [0.15, 0.2) is 36.5 Å². The lowest BCUT2D eigenvalue weighted by molar-refractivity contribution is 0.0697. The quantitative estimate of drug-likeness (QED) is 0.878. The van der Waals surface area contributed by atoms with E-state index in [1.165, 1.54) is 6.20 Å². The van der Waals surface area contributed by atoms with Gasteiger partial charge in [-0.2, -0.15) is 5.26 Å². The first-order chi connectivity index (χ1) is 9.10. The van der Waals surface area contributed by atoms with Crippen molar-refractivity contribution in [3.8, 4) is 6.07 Å². The highest BCUT2D eigenvalue weighted by molar-refractivity contribution is 5.94. The zero-order valence-electron chi connectivity index (χ0n) is 10.2. The largest absolute Gasteiger partial charge is 0.478 e. The van der Waals surface area contributed by atoms with Crippen molar-refractivity contribution < 1.29 is 9.90 Å². The molecule has 1 aromatic heterocycles. The van der Waals surface area contributed by atoms with Crippen LogP contribution in [-0.4, -0.2) is 16.1 Å². The Morgan fingerprint density at radius 2 is 2.21 bits per heavy atom. The van der Waals surface area contributed by atoms with E-state index in [4.69, 9.17) is 10.4 Å². The Hall–Kier alpha value is -2.87. The molecule has 2 N–H and O–H groups in total. The van der Waals surface area contributed by atoms with Crippen LogP contribution in [0, 0.1) is 18.3 Å². The van der Waals surface area contributed by atoms with Crippen molar-refractivity contribution >= 4 is 17.3 Å². The number of rotatable bonds is 3. The number of carbonyl (C=O) groups is 1. The molecule has 0 atom stereocenters. The molecule has 0 aliphatic heterocycles. The third-order valence-corrected chi connectivity index (χ3v) is 2.54. The average Bonchev–Trinajstić information content (AvgIpc) is 2.38. The highest BCUT2D eigenvalue weighted by atomic mass is 16.4. The molecule has 5 nitrogen and oxygen atoms in total. The van der Waals surface area contributed by atoms with Crippen LogP contribution in [0.1, 0.15) is 21.6 Å². The predicted molar refractivity (Wildman–Crippen MR) is 70.4 cm³/mol. The van der Waals surface area contributed by atoms with E-state index < -0.39 is 5.97 Å². The zero-order valence-corrected chi connectivity index (χ0v) is 10.2. The van der Waals surface area contributed by atoms with E-state index in [1.54, 1.807) is 37.3 Å². The lowest BCUT2D eigenvalue weighted by atomic mass is 10.1. The number of nitrogens with zero attached hydrogens (tertiary/aromatic N) is 2. The average molecular weight is 253 g/mol. The second kappa shape index (κ2) is 5.19. The summed E-state index contributed by atoms with van der Waals surface area (Å²) in [5.74, 6) is -1.05. The summed E-state index contributed by atoms with van der Waals surface area (Å²) in [7, 11) is 0.